The van der Waals surface area contributed by atoms with Crippen molar-refractivity contribution in [1.29, 1.82) is 0 Å². The van der Waals surface area contributed by atoms with Crippen LogP contribution in [0.5, 0.6) is 0 Å². The fraction of sp³-hybridized carbons (Fsp3) is 0.500. The van der Waals surface area contributed by atoms with E-state index in [0.717, 1.165) is 24.6 Å². The number of nitrogens with zero attached hydrogens (tertiary/aromatic N) is 4. The molecule has 2 aliphatic heterocycles. The second-order valence-electron chi connectivity index (χ2n) is 7.38. The van der Waals surface area contributed by atoms with E-state index in [1.165, 1.54) is 11.6 Å². The predicted molar refractivity (Wildman–Crippen MR) is 101 cm³/mol. The minimum absolute atomic E-state index is 0.00846. The highest BCUT2D eigenvalue weighted by atomic mass is 19.1. The van der Waals surface area contributed by atoms with Gasteiger partial charge in [0.05, 0.1) is 11.7 Å². The fourth-order valence-corrected chi connectivity index (χ4v) is 3.85. The monoisotopic (exact) mass is 372 g/mol. The summed E-state index contributed by atoms with van der Waals surface area (Å²) in [5, 5.41) is 0. The highest BCUT2D eigenvalue weighted by Gasteiger charge is 2.36. The molecule has 6 nitrogen and oxygen atoms in total. The Balaban J connectivity index is 1.46. The van der Waals surface area contributed by atoms with Gasteiger partial charge in [-0.2, -0.15) is 0 Å². The molecule has 1 atom stereocenters. The summed E-state index contributed by atoms with van der Waals surface area (Å²) in [6, 6.07) is 3.99. The average Bonchev–Trinajstić information content (AvgIpc) is 2.68. The van der Waals surface area contributed by atoms with Gasteiger partial charge < -0.3 is 14.5 Å². The Morgan fingerprint density at radius 3 is 2.78 bits per heavy atom. The van der Waals surface area contributed by atoms with Gasteiger partial charge in [-0.1, -0.05) is 0 Å². The molecule has 4 rings (SSSR count). The molecule has 0 radical (unpaired) electrons. The van der Waals surface area contributed by atoms with Gasteiger partial charge in [0.25, 0.3) is 0 Å². The minimum atomic E-state index is -0.185. The normalized spacial score (nSPS) is 23.0. The Hall–Kier alpha value is -2.57. The van der Waals surface area contributed by atoms with Crippen molar-refractivity contribution in [2.24, 2.45) is 0 Å². The lowest BCUT2D eigenvalue weighted by Crippen LogP contribution is -2.56. The quantitative estimate of drug-likeness (QED) is 0.760. The van der Waals surface area contributed by atoms with Crippen LogP contribution in [0.15, 0.2) is 41.7 Å². The van der Waals surface area contributed by atoms with Crippen molar-refractivity contribution in [3.63, 3.8) is 0 Å². The molecule has 0 spiro atoms. The minimum Gasteiger partial charge on any atom is -0.490 e. The first-order valence-electron chi connectivity index (χ1n) is 9.50. The van der Waals surface area contributed by atoms with Crippen molar-refractivity contribution in [2.45, 2.75) is 32.7 Å². The zero-order valence-electron chi connectivity index (χ0n) is 15.8. The number of urea groups is 1. The summed E-state index contributed by atoms with van der Waals surface area (Å²) in [4.78, 5) is 23.6. The smallest absolute Gasteiger partial charge is 0.324 e. The Morgan fingerprint density at radius 1 is 1.26 bits per heavy atom. The number of carbonyl (C=O) groups is 1. The van der Waals surface area contributed by atoms with Gasteiger partial charge in [-0.25, -0.2) is 14.2 Å². The summed E-state index contributed by atoms with van der Waals surface area (Å²) in [6.07, 6.45) is 4.07. The highest BCUT2D eigenvalue weighted by molar-refractivity contribution is 5.77. The summed E-state index contributed by atoms with van der Waals surface area (Å²) in [5.41, 5.74) is 1.99. The number of hydrogen-bond acceptors (Lipinski definition) is 4. The number of allylic oxidation sites excluding steroid dienone is 3. The van der Waals surface area contributed by atoms with E-state index >= 15 is 0 Å². The Labute approximate surface area is 158 Å². The molecule has 0 N–H and O–H groups in total. The summed E-state index contributed by atoms with van der Waals surface area (Å²) in [5.74, 6) is 1.28. The molecule has 0 bridgehead atoms. The number of halogens is 1. The molecular formula is C20H25FN4O2. The third-order valence-electron chi connectivity index (χ3n) is 5.37. The third kappa shape index (κ3) is 3.50. The summed E-state index contributed by atoms with van der Waals surface area (Å²) < 4.78 is 19.2. The first kappa shape index (κ1) is 17.8. The van der Waals surface area contributed by atoms with Gasteiger partial charge in [0, 0.05) is 44.9 Å². The molecule has 1 aromatic rings. The largest absolute Gasteiger partial charge is 0.490 e. The molecule has 0 saturated carbocycles. The van der Waals surface area contributed by atoms with E-state index in [2.05, 4.69) is 22.9 Å². The molecule has 1 saturated heterocycles. The van der Waals surface area contributed by atoms with Crippen molar-refractivity contribution in [2.75, 3.05) is 37.7 Å². The molecule has 3 heterocycles. The number of hydrogen-bond donors (Lipinski definition) is 0. The van der Waals surface area contributed by atoms with Crippen LogP contribution >= 0.6 is 0 Å². The molecule has 0 aromatic carbocycles. The fourth-order valence-electron chi connectivity index (χ4n) is 3.85. The van der Waals surface area contributed by atoms with Crippen molar-refractivity contribution in [1.82, 2.24) is 14.8 Å². The van der Waals surface area contributed by atoms with Crippen LogP contribution in [0.2, 0.25) is 0 Å². The second-order valence-corrected chi connectivity index (χ2v) is 7.38. The molecule has 1 unspecified atom stereocenters. The van der Waals surface area contributed by atoms with Gasteiger partial charge in [0.15, 0.2) is 0 Å². The lowest BCUT2D eigenvalue weighted by molar-refractivity contribution is 0.0808. The van der Waals surface area contributed by atoms with E-state index in [1.807, 2.05) is 29.0 Å². The van der Waals surface area contributed by atoms with Crippen LogP contribution in [-0.2, 0) is 4.74 Å². The Bertz CT molecular complexity index is 799. The standard InChI is InChI=1S/C20H25FN4O2/c1-14-5-6-22-19(11-14)23-7-9-24(10-8-23)20(26)25-15(2)13-27-18-12-16(21)3-4-17(18)25/h5-6,11-12,15H,3-4,7-10,13H2,1-2H3. The number of amides is 2. The van der Waals surface area contributed by atoms with Gasteiger partial charge >= 0.3 is 6.03 Å². The topological polar surface area (TPSA) is 48.9 Å². The molecule has 3 aliphatic rings. The highest BCUT2D eigenvalue weighted by Crippen LogP contribution is 2.33. The van der Waals surface area contributed by atoms with E-state index < -0.39 is 0 Å². The number of rotatable bonds is 1. The van der Waals surface area contributed by atoms with Gasteiger partial charge in [0.2, 0.25) is 0 Å². The maximum absolute atomic E-state index is 13.6. The SMILES string of the molecule is Cc1ccnc(N2CCN(C(=O)N3C4=C(C=C(F)CC4)OCC3C)CC2)c1. The first-order chi connectivity index (χ1) is 13.0. The average molecular weight is 372 g/mol. The summed E-state index contributed by atoms with van der Waals surface area (Å²) >= 11 is 0. The predicted octanol–water partition coefficient (Wildman–Crippen LogP) is 3.21. The number of anilines is 1. The van der Waals surface area contributed by atoms with Gasteiger partial charge in [-0.15, -0.1) is 0 Å². The van der Waals surface area contributed by atoms with E-state index in [4.69, 9.17) is 4.74 Å². The maximum Gasteiger partial charge on any atom is 0.324 e. The first-order valence-corrected chi connectivity index (χ1v) is 9.50. The number of pyridine rings is 1. The van der Waals surface area contributed by atoms with Gasteiger partial charge in [-0.3, -0.25) is 4.90 Å². The van der Waals surface area contributed by atoms with Gasteiger partial charge in [-0.05, 0) is 38.0 Å². The number of aryl methyl sites for hydroxylation is 1. The van der Waals surface area contributed by atoms with Crippen LogP contribution in [0, 0.1) is 6.92 Å². The number of aromatic nitrogens is 1. The van der Waals surface area contributed by atoms with Crippen LogP contribution in [0.4, 0.5) is 15.0 Å². The lowest BCUT2D eigenvalue weighted by Gasteiger charge is -2.43. The summed E-state index contributed by atoms with van der Waals surface area (Å²) in [7, 11) is 0. The molecule has 27 heavy (non-hydrogen) atoms. The Morgan fingerprint density at radius 2 is 2.04 bits per heavy atom. The molecule has 1 aromatic heterocycles. The van der Waals surface area contributed by atoms with E-state index in [9.17, 15) is 9.18 Å². The zero-order chi connectivity index (χ0) is 19.0. The molecule has 7 heteroatoms. The molecular weight excluding hydrogens is 347 g/mol. The third-order valence-corrected chi connectivity index (χ3v) is 5.37. The van der Waals surface area contributed by atoms with Crippen LogP contribution < -0.4 is 4.90 Å². The van der Waals surface area contributed by atoms with Crippen LogP contribution in [0.25, 0.3) is 0 Å². The van der Waals surface area contributed by atoms with E-state index in [-0.39, 0.29) is 17.9 Å². The number of ether oxygens (including phenoxy) is 1. The molecule has 1 aliphatic carbocycles. The van der Waals surface area contributed by atoms with E-state index in [1.54, 1.807) is 0 Å². The van der Waals surface area contributed by atoms with Crippen molar-refractivity contribution in [3.8, 4) is 0 Å². The molecule has 2 amide bonds. The Kier molecular flexibility index (Phi) is 4.76. The van der Waals surface area contributed by atoms with Crippen molar-refractivity contribution in [3.05, 3.63) is 47.3 Å². The zero-order valence-corrected chi connectivity index (χ0v) is 15.8. The van der Waals surface area contributed by atoms with Crippen LogP contribution in [0.1, 0.15) is 25.3 Å². The van der Waals surface area contributed by atoms with Crippen molar-refractivity contribution < 1.29 is 13.9 Å². The number of carbonyl (C=O) groups excluding carboxylic acids is 1. The lowest BCUT2D eigenvalue weighted by atomic mass is 10.0. The summed E-state index contributed by atoms with van der Waals surface area (Å²) in [6.45, 7) is 7.21. The van der Waals surface area contributed by atoms with Gasteiger partial charge in [0.1, 0.15) is 24.0 Å². The second kappa shape index (κ2) is 7.21. The van der Waals surface area contributed by atoms with Crippen LogP contribution in [-0.4, -0.2) is 59.6 Å². The number of piperazine rings is 1. The van der Waals surface area contributed by atoms with E-state index in [0.29, 0.717) is 38.3 Å². The van der Waals surface area contributed by atoms with Crippen LogP contribution in [0.3, 0.4) is 0 Å². The molecule has 144 valence electrons. The molecule has 1 fully saturated rings. The van der Waals surface area contributed by atoms with Crippen molar-refractivity contribution >= 4 is 11.8 Å². The maximum atomic E-state index is 13.6.